The van der Waals surface area contributed by atoms with E-state index in [-0.39, 0.29) is 24.2 Å². The molecule has 0 spiro atoms. The van der Waals surface area contributed by atoms with Crippen molar-refractivity contribution in [2.24, 2.45) is 0 Å². The third-order valence-electron chi connectivity index (χ3n) is 4.35. The van der Waals surface area contributed by atoms with Crippen LogP contribution in [0.5, 0.6) is 0 Å². The van der Waals surface area contributed by atoms with E-state index in [9.17, 15) is 13.2 Å². The Morgan fingerprint density at radius 2 is 1.95 bits per heavy atom. The van der Waals surface area contributed by atoms with Gasteiger partial charge in [0, 0.05) is 31.2 Å². The first-order chi connectivity index (χ1) is 10.0. The number of carbonyl (C=O) groups excluding carboxylic acids is 1. The van der Waals surface area contributed by atoms with Crippen LogP contribution in [0.15, 0.2) is 0 Å². The first-order valence-electron chi connectivity index (χ1n) is 7.69. The molecule has 1 rings (SSSR count). The molecule has 1 unspecified atom stereocenters. The second-order valence-electron chi connectivity index (χ2n) is 6.83. The molecule has 1 fully saturated rings. The van der Waals surface area contributed by atoms with Crippen LogP contribution >= 0.6 is 0 Å². The molecule has 130 valence electrons. The van der Waals surface area contributed by atoms with Crippen molar-refractivity contribution in [1.82, 2.24) is 19.8 Å². The third-order valence-corrected chi connectivity index (χ3v) is 5.04. The number of nitrogens with one attached hydrogen (secondary N) is 2. The van der Waals surface area contributed by atoms with Gasteiger partial charge in [-0.05, 0) is 47.2 Å². The largest absolute Gasteiger partial charge is 0.336 e. The fourth-order valence-corrected chi connectivity index (χ4v) is 2.77. The molecule has 1 saturated heterocycles. The standard InChI is InChI=1S/C14H30N4O3S/c1-14(2,17(3)4)11-15-13(19)18-9-7-6-8-12(18)10-16-22(5,20)21/h12,16H,6-11H2,1-5H3,(H,15,19). The van der Waals surface area contributed by atoms with E-state index in [1.165, 1.54) is 0 Å². The Morgan fingerprint density at radius 3 is 2.50 bits per heavy atom. The number of likely N-dealkylation sites (tertiary alicyclic amines) is 1. The van der Waals surface area contributed by atoms with Gasteiger partial charge in [0.1, 0.15) is 0 Å². The van der Waals surface area contributed by atoms with Crippen molar-refractivity contribution in [2.45, 2.75) is 44.7 Å². The molecule has 0 aliphatic carbocycles. The smallest absolute Gasteiger partial charge is 0.317 e. The molecule has 2 N–H and O–H groups in total. The molecule has 2 amide bonds. The highest BCUT2D eigenvalue weighted by Crippen LogP contribution is 2.17. The van der Waals surface area contributed by atoms with E-state index in [2.05, 4.69) is 28.8 Å². The molecule has 1 atom stereocenters. The highest BCUT2D eigenvalue weighted by molar-refractivity contribution is 7.88. The SMILES string of the molecule is CN(C)C(C)(C)CNC(=O)N1CCCCC1CNS(C)(=O)=O. The maximum Gasteiger partial charge on any atom is 0.317 e. The Labute approximate surface area is 134 Å². The average molecular weight is 334 g/mol. The van der Waals surface area contributed by atoms with Crippen LogP contribution in [0.1, 0.15) is 33.1 Å². The van der Waals surface area contributed by atoms with Crippen molar-refractivity contribution >= 4 is 16.1 Å². The molecule has 0 saturated carbocycles. The number of piperidine rings is 1. The molecule has 0 aromatic heterocycles. The van der Waals surface area contributed by atoms with Gasteiger partial charge in [0.05, 0.1) is 6.26 Å². The summed E-state index contributed by atoms with van der Waals surface area (Å²) in [6, 6.07) is -0.194. The summed E-state index contributed by atoms with van der Waals surface area (Å²) in [5, 5.41) is 2.97. The second kappa shape index (κ2) is 7.61. The third kappa shape index (κ3) is 6.10. The molecule has 0 bridgehead atoms. The second-order valence-corrected chi connectivity index (χ2v) is 8.66. The molecular weight excluding hydrogens is 304 g/mol. The van der Waals surface area contributed by atoms with Crippen LogP contribution < -0.4 is 10.0 Å². The minimum absolute atomic E-state index is 0.0778. The molecule has 8 heteroatoms. The van der Waals surface area contributed by atoms with E-state index in [4.69, 9.17) is 0 Å². The number of nitrogens with zero attached hydrogens (tertiary/aromatic N) is 2. The number of rotatable bonds is 6. The molecule has 0 aromatic rings. The van der Waals surface area contributed by atoms with Gasteiger partial charge in [0.15, 0.2) is 0 Å². The van der Waals surface area contributed by atoms with Crippen LogP contribution in [-0.4, -0.2) is 75.8 Å². The minimum atomic E-state index is -3.23. The number of urea groups is 1. The van der Waals surface area contributed by atoms with E-state index < -0.39 is 10.0 Å². The van der Waals surface area contributed by atoms with Crippen molar-refractivity contribution in [2.75, 3.05) is 40.0 Å². The zero-order valence-electron chi connectivity index (χ0n) is 14.3. The fraction of sp³-hybridized carbons (Fsp3) is 0.929. The van der Waals surface area contributed by atoms with E-state index in [0.29, 0.717) is 13.1 Å². The van der Waals surface area contributed by atoms with Crippen molar-refractivity contribution in [3.05, 3.63) is 0 Å². The van der Waals surface area contributed by atoms with Crippen molar-refractivity contribution in [1.29, 1.82) is 0 Å². The Hall–Kier alpha value is -0.860. The lowest BCUT2D eigenvalue weighted by atomic mass is 10.0. The monoisotopic (exact) mass is 334 g/mol. The maximum absolute atomic E-state index is 12.4. The summed E-state index contributed by atoms with van der Waals surface area (Å²) < 4.78 is 25.0. The molecule has 1 aliphatic heterocycles. The first-order valence-corrected chi connectivity index (χ1v) is 9.58. The van der Waals surface area contributed by atoms with Crippen LogP contribution in [0.4, 0.5) is 4.79 Å². The van der Waals surface area contributed by atoms with E-state index >= 15 is 0 Å². The lowest BCUT2D eigenvalue weighted by Gasteiger charge is -2.38. The van der Waals surface area contributed by atoms with Crippen LogP contribution in [0.3, 0.4) is 0 Å². The van der Waals surface area contributed by atoms with Crippen LogP contribution in [0, 0.1) is 0 Å². The Balaban J connectivity index is 2.60. The van der Waals surface area contributed by atoms with Crippen LogP contribution in [0.25, 0.3) is 0 Å². The molecule has 22 heavy (non-hydrogen) atoms. The molecular formula is C14H30N4O3S. The molecule has 0 aromatic carbocycles. The van der Waals surface area contributed by atoms with Crippen molar-refractivity contribution in [3.8, 4) is 0 Å². The van der Waals surface area contributed by atoms with Gasteiger partial charge in [0.25, 0.3) is 0 Å². The summed E-state index contributed by atoms with van der Waals surface area (Å²) in [5.41, 5.74) is -0.133. The summed E-state index contributed by atoms with van der Waals surface area (Å²) >= 11 is 0. The Bertz CT molecular complexity index is 476. The predicted molar refractivity (Wildman–Crippen MR) is 88.4 cm³/mol. The fourth-order valence-electron chi connectivity index (χ4n) is 2.28. The number of carbonyl (C=O) groups is 1. The lowest BCUT2D eigenvalue weighted by Crippen LogP contribution is -2.56. The number of likely N-dealkylation sites (N-methyl/N-ethyl adjacent to an activating group) is 1. The van der Waals surface area contributed by atoms with Crippen molar-refractivity contribution < 1.29 is 13.2 Å². The maximum atomic E-state index is 12.4. The van der Waals surface area contributed by atoms with Gasteiger partial charge in [-0.25, -0.2) is 17.9 Å². The normalized spacial score (nSPS) is 20.3. The summed E-state index contributed by atoms with van der Waals surface area (Å²) in [6.07, 6.45) is 3.94. The van der Waals surface area contributed by atoms with Gasteiger partial charge in [0.2, 0.25) is 10.0 Å². The summed E-state index contributed by atoms with van der Waals surface area (Å²) in [5.74, 6) is 0. The van der Waals surface area contributed by atoms with Crippen molar-refractivity contribution in [3.63, 3.8) is 0 Å². The highest BCUT2D eigenvalue weighted by Gasteiger charge is 2.29. The summed E-state index contributed by atoms with van der Waals surface area (Å²) in [7, 11) is 0.722. The minimum Gasteiger partial charge on any atom is -0.336 e. The zero-order chi connectivity index (χ0) is 17.0. The Morgan fingerprint density at radius 1 is 1.32 bits per heavy atom. The van der Waals surface area contributed by atoms with E-state index in [1.54, 1.807) is 4.90 Å². The quantitative estimate of drug-likeness (QED) is 0.738. The lowest BCUT2D eigenvalue weighted by molar-refractivity contribution is 0.140. The number of amides is 2. The average Bonchev–Trinajstić information content (AvgIpc) is 2.42. The van der Waals surface area contributed by atoms with Gasteiger partial charge < -0.3 is 15.1 Å². The highest BCUT2D eigenvalue weighted by atomic mass is 32.2. The van der Waals surface area contributed by atoms with Gasteiger partial charge in [-0.2, -0.15) is 0 Å². The van der Waals surface area contributed by atoms with Gasteiger partial charge in [-0.1, -0.05) is 0 Å². The van der Waals surface area contributed by atoms with Crippen LogP contribution in [-0.2, 0) is 10.0 Å². The topological polar surface area (TPSA) is 81.8 Å². The van der Waals surface area contributed by atoms with Gasteiger partial charge >= 0.3 is 6.03 Å². The molecule has 1 aliphatic rings. The summed E-state index contributed by atoms with van der Waals surface area (Å²) in [4.78, 5) is 16.2. The zero-order valence-corrected chi connectivity index (χ0v) is 15.2. The number of sulfonamides is 1. The predicted octanol–water partition coefficient (Wildman–Crippen LogP) is 0.440. The number of hydrogen-bond donors (Lipinski definition) is 2. The van der Waals surface area contributed by atoms with Gasteiger partial charge in [-0.15, -0.1) is 0 Å². The van der Waals surface area contributed by atoms with E-state index in [0.717, 1.165) is 25.5 Å². The number of hydrogen-bond acceptors (Lipinski definition) is 4. The molecule has 7 nitrogen and oxygen atoms in total. The summed E-state index contributed by atoms with van der Waals surface area (Å²) in [6.45, 7) is 5.62. The Kier molecular flexibility index (Phi) is 6.64. The first kappa shape index (κ1) is 19.2. The molecule has 1 heterocycles. The van der Waals surface area contributed by atoms with E-state index in [1.807, 2.05) is 14.1 Å². The van der Waals surface area contributed by atoms with Crippen LogP contribution in [0.2, 0.25) is 0 Å². The van der Waals surface area contributed by atoms with Gasteiger partial charge in [-0.3, -0.25) is 0 Å². The molecule has 0 radical (unpaired) electrons.